The van der Waals surface area contributed by atoms with Gasteiger partial charge >= 0.3 is 6.03 Å². The number of urea groups is 1. The number of fused-ring (bicyclic) bond motifs is 1. The number of halogens is 1. The van der Waals surface area contributed by atoms with Gasteiger partial charge in [0.1, 0.15) is 5.82 Å². The van der Waals surface area contributed by atoms with Gasteiger partial charge in [-0.05, 0) is 35.7 Å². The van der Waals surface area contributed by atoms with Gasteiger partial charge in [-0.3, -0.25) is 10.2 Å². The molecule has 1 aliphatic heterocycles. The van der Waals surface area contributed by atoms with Crippen molar-refractivity contribution < 1.29 is 9.18 Å². The molecule has 0 spiro atoms. The van der Waals surface area contributed by atoms with Crippen LogP contribution in [0, 0.1) is 5.82 Å². The Kier molecular flexibility index (Phi) is 4.19. The van der Waals surface area contributed by atoms with E-state index in [1.165, 1.54) is 29.0 Å². The van der Waals surface area contributed by atoms with Crippen molar-refractivity contribution in [1.29, 1.82) is 0 Å². The summed E-state index contributed by atoms with van der Waals surface area (Å²) in [7, 11) is 0. The highest BCUT2D eigenvalue weighted by Crippen LogP contribution is 2.29. The maximum atomic E-state index is 13.3. The molecule has 0 radical (unpaired) electrons. The van der Waals surface area contributed by atoms with E-state index < -0.39 is 0 Å². The highest BCUT2D eigenvalue weighted by Gasteiger charge is 2.25. The maximum absolute atomic E-state index is 13.3. The average molecular weight is 353 g/mol. The molecular formula is C19H16FN3OS. The molecule has 0 aliphatic carbocycles. The Hall–Kier alpha value is -2.73. The lowest BCUT2D eigenvalue weighted by atomic mass is 10.1. The summed E-state index contributed by atoms with van der Waals surface area (Å²) in [5.74, 6) is -0.272. The lowest BCUT2D eigenvalue weighted by molar-refractivity contribution is 0.257. The molecule has 0 saturated heterocycles. The summed E-state index contributed by atoms with van der Waals surface area (Å²) in [5.41, 5.74) is 3.73. The second kappa shape index (κ2) is 6.64. The van der Waals surface area contributed by atoms with Crippen LogP contribution in [-0.4, -0.2) is 17.6 Å². The first kappa shape index (κ1) is 15.8. The lowest BCUT2D eigenvalue weighted by Crippen LogP contribution is -2.33. The van der Waals surface area contributed by atoms with E-state index >= 15 is 0 Å². The molecule has 25 heavy (non-hydrogen) atoms. The Balaban J connectivity index is 1.44. The van der Waals surface area contributed by atoms with Gasteiger partial charge in [0, 0.05) is 24.0 Å². The van der Waals surface area contributed by atoms with Gasteiger partial charge in [-0.1, -0.05) is 30.3 Å². The third-order valence-corrected chi connectivity index (χ3v) is 4.98. The van der Waals surface area contributed by atoms with Crippen LogP contribution >= 0.6 is 11.3 Å². The molecule has 3 aromatic rings. The third kappa shape index (κ3) is 3.39. The minimum absolute atomic E-state index is 0.231. The largest absolute Gasteiger partial charge is 0.328 e. The molecule has 1 aliphatic rings. The van der Waals surface area contributed by atoms with Crippen LogP contribution < -0.4 is 10.2 Å². The van der Waals surface area contributed by atoms with Gasteiger partial charge in [-0.2, -0.15) is 0 Å². The molecule has 2 heterocycles. The maximum Gasteiger partial charge on any atom is 0.328 e. The number of rotatable bonds is 3. The fraction of sp³-hybridized carbons (Fsp3) is 0.158. The zero-order valence-electron chi connectivity index (χ0n) is 13.4. The van der Waals surface area contributed by atoms with Crippen LogP contribution in [0.5, 0.6) is 0 Å². The summed E-state index contributed by atoms with van der Waals surface area (Å²) in [5, 5.41) is 5.38. The summed E-state index contributed by atoms with van der Waals surface area (Å²) >= 11 is 1.41. The van der Waals surface area contributed by atoms with Crippen LogP contribution in [0.2, 0.25) is 0 Å². The first-order chi connectivity index (χ1) is 12.2. The van der Waals surface area contributed by atoms with Gasteiger partial charge in [-0.15, -0.1) is 11.3 Å². The predicted octanol–water partition coefficient (Wildman–Crippen LogP) is 4.47. The van der Waals surface area contributed by atoms with Crippen LogP contribution in [0.25, 0.3) is 0 Å². The first-order valence-corrected chi connectivity index (χ1v) is 8.92. The summed E-state index contributed by atoms with van der Waals surface area (Å²) in [6, 6.07) is 14.4. The van der Waals surface area contributed by atoms with Crippen LogP contribution in [-0.2, 0) is 12.8 Å². The number of amides is 2. The van der Waals surface area contributed by atoms with Gasteiger partial charge < -0.3 is 0 Å². The zero-order chi connectivity index (χ0) is 17.2. The van der Waals surface area contributed by atoms with Crippen LogP contribution in [0.1, 0.15) is 16.8 Å². The fourth-order valence-corrected chi connectivity index (χ4v) is 3.69. The van der Waals surface area contributed by atoms with Crippen molar-refractivity contribution in [2.24, 2.45) is 0 Å². The molecule has 1 N–H and O–H groups in total. The molecule has 126 valence electrons. The topological polar surface area (TPSA) is 45.2 Å². The number of hydrogen-bond acceptors (Lipinski definition) is 3. The highest BCUT2D eigenvalue weighted by atomic mass is 32.1. The van der Waals surface area contributed by atoms with Crippen LogP contribution in [0.3, 0.4) is 0 Å². The number of carbonyl (C=O) groups is 1. The average Bonchev–Trinajstić information content (AvgIpc) is 3.22. The molecule has 0 unspecified atom stereocenters. The third-order valence-electron chi connectivity index (χ3n) is 4.18. The SMILES string of the molecule is O=C(Nc1nc(Cc2ccccc2)cs1)N1CCc2cc(F)ccc21. The number of nitrogens with one attached hydrogen (secondary N) is 1. The van der Waals surface area contributed by atoms with E-state index in [0.717, 1.165) is 23.4 Å². The number of nitrogens with zero attached hydrogens (tertiary/aromatic N) is 2. The van der Waals surface area contributed by atoms with Gasteiger partial charge in [0.15, 0.2) is 5.13 Å². The molecule has 4 rings (SSSR count). The number of thiazole rings is 1. The van der Waals surface area contributed by atoms with E-state index in [1.54, 1.807) is 11.0 Å². The summed E-state index contributed by atoms with van der Waals surface area (Å²) in [6.07, 6.45) is 1.40. The standard InChI is InChI=1S/C19H16FN3OS/c20-15-6-7-17-14(11-15)8-9-23(17)19(24)22-18-21-16(12-25-18)10-13-4-2-1-3-5-13/h1-7,11-12H,8-10H2,(H,21,22,24). The van der Waals surface area contributed by atoms with Gasteiger partial charge in [0.2, 0.25) is 0 Å². The predicted molar refractivity (Wildman–Crippen MR) is 97.8 cm³/mol. The Morgan fingerprint density at radius 3 is 2.92 bits per heavy atom. The Labute approximate surface area is 148 Å². The van der Waals surface area contributed by atoms with Crippen molar-refractivity contribution in [2.45, 2.75) is 12.8 Å². The number of benzene rings is 2. The smallest absolute Gasteiger partial charge is 0.294 e. The molecule has 0 saturated carbocycles. The number of carbonyl (C=O) groups excluding carboxylic acids is 1. The van der Waals surface area contributed by atoms with E-state index in [1.807, 2.05) is 23.6 Å². The number of anilines is 2. The van der Waals surface area contributed by atoms with E-state index in [4.69, 9.17) is 0 Å². The quantitative estimate of drug-likeness (QED) is 0.755. The summed E-state index contributed by atoms with van der Waals surface area (Å²) in [4.78, 5) is 18.6. The van der Waals surface area contributed by atoms with Gasteiger partial charge in [-0.25, -0.2) is 14.2 Å². The van der Waals surface area contributed by atoms with E-state index in [2.05, 4.69) is 22.4 Å². The molecule has 0 fully saturated rings. The fourth-order valence-electron chi connectivity index (χ4n) is 2.99. The van der Waals surface area contributed by atoms with E-state index in [-0.39, 0.29) is 11.8 Å². The van der Waals surface area contributed by atoms with Crippen molar-refractivity contribution in [3.63, 3.8) is 0 Å². The van der Waals surface area contributed by atoms with Crippen molar-refractivity contribution in [3.05, 3.63) is 76.5 Å². The lowest BCUT2D eigenvalue weighted by Gasteiger charge is -2.16. The number of hydrogen-bond donors (Lipinski definition) is 1. The first-order valence-electron chi connectivity index (χ1n) is 8.04. The van der Waals surface area contributed by atoms with E-state index in [9.17, 15) is 9.18 Å². The molecule has 1 aromatic heterocycles. The van der Waals surface area contributed by atoms with E-state index in [0.29, 0.717) is 18.1 Å². The zero-order valence-corrected chi connectivity index (χ0v) is 14.2. The Morgan fingerprint density at radius 1 is 1.24 bits per heavy atom. The monoisotopic (exact) mass is 353 g/mol. The highest BCUT2D eigenvalue weighted by molar-refractivity contribution is 7.13. The molecule has 4 nitrogen and oxygen atoms in total. The molecule has 2 amide bonds. The normalized spacial score (nSPS) is 12.9. The molecule has 2 aromatic carbocycles. The summed E-state index contributed by atoms with van der Waals surface area (Å²) in [6.45, 7) is 0.548. The minimum Gasteiger partial charge on any atom is -0.294 e. The summed E-state index contributed by atoms with van der Waals surface area (Å²) < 4.78 is 13.3. The number of aromatic nitrogens is 1. The van der Waals surface area contributed by atoms with Crippen LogP contribution in [0.15, 0.2) is 53.9 Å². The molecule has 0 atom stereocenters. The van der Waals surface area contributed by atoms with Crippen molar-refractivity contribution in [2.75, 3.05) is 16.8 Å². The Morgan fingerprint density at radius 2 is 2.08 bits per heavy atom. The molecular weight excluding hydrogens is 337 g/mol. The molecule has 0 bridgehead atoms. The van der Waals surface area contributed by atoms with Crippen molar-refractivity contribution in [3.8, 4) is 0 Å². The second-order valence-corrected chi connectivity index (χ2v) is 6.77. The van der Waals surface area contributed by atoms with Crippen molar-refractivity contribution in [1.82, 2.24) is 4.98 Å². The van der Waals surface area contributed by atoms with Crippen molar-refractivity contribution >= 4 is 28.2 Å². The van der Waals surface area contributed by atoms with Gasteiger partial charge in [0.05, 0.1) is 5.69 Å². The van der Waals surface area contributed by atoms with Gasteiger partial charge in [0.25, 0.3) is 0 Å². The molecule has 6 heteroatoms. The van der Waals surface area contributed by atoms with Crippen LogP contribution in [0.4, 0.5) is 20.0 Å². The second-order valence-electron chi connectivity index (χ2n) is 5.91. The Bertz CT molecular complexity index is 910. The minimum atomic E-state index is -0.272.